The second-order valence-corrected chi connectivity index (χ2v) is 7.16. The van der Waals surface area contributed by atoms with Crippen LogP contribution in [0.1, 0.15) is 29.5 Å². The number of aliphatic imine (C=N–C) groups is 1. The number of piperazine rings is 1. The van der Waals surface area contributed by atoms with Crippen molar-refractivity contribution in [2.75, 3.05) is 39.3 Å². The molecule has 0 aliphatic carbocycles. The Morgan fingerprint density at radius 1 is 1.15 bits per heavy atom. The molecule has 0 unspecified atom stereocenters. The molecule has 0 saturated carbocycles. The fourth-order valence-electron chi connectivity index (χ4n) is 3.31. The fourth-order valence-corrected chi connectivity index (χ4v) is 3.31. The molecule has 6 heteroatoms. The van der Waals surface area contributed by atoms with Gasteiger partial charge in [0.25, 0.3) is 0 Å². The van der Waals surface area contributed by atoms with Gasteiger partial charge in [-0.1, -0.05) is 35.0 Å². The van der Waals surface area contributed by atoms with E-state index in [-0.39, 0.29) is 0 Å². The summed E-state index contributed by atoms with van der Waals surface area (Å²) in [6.45, 7) is 12.7. The standard InChI is InChI=1S/C21H31N5O/c1-4-22-21(23-10-9-19-7-5-17(2)6-8-19)26-13-11-25(12-14-26)16-20-15-18(3)27-24-20/h5-8,15H,4,9-14,16H2,1-3H3,(H,22,23). The molecule has 1 fully saturated rings. The van der Waals surface area contributed by atoms with E-state index in [0.29, 0.717) is 0 Å². The highest BCUT2D eigenvalue weighted by molar-refractivity contribution is 5.80. The first-order valence-electron chi connectivity index (χ1n) is 9.87. The summed E-state index contributed by atoms with van der Waals surface area (Å²) in [6, 6.07) is 10.7. The van der Waals surface area contributed by atoms with E-state index in [2.05, 4.69) is 58.4 Å². The zero-order chi connectivity index (χ0) is 19.1. The number of hydrogen-bond acceptors (Lipinski definition) is 4. The molecule has 1 saturated heterocycles. The van der Waals surface area contributed by atoms with Crippen molar-refractivity contribution in [1.29, 1.82) is 0 Å². The summed E-state index contributed by atoms with van der Waals surface area (Å²) in [4.78, 5) is 9.64. The minimum Gasteiger partial charge on any atom is -0.361 e. The first kappa shape index (κ1) is 19.4. The Morgan fingerprint density at radius 2 is 1.89 bits per heavy atom. The number of aryl methyl sites for hydroxylation is 2. The van der Waals surface area contributed by atoms with E-state index in [1.54, 1.807) is 0 Å². The molecule has 1 aromatic heterocycles. The van der Waals surface area contributed by atoms with Crippen LogP contribution >= 0.6 is 0 Å². The third kappa shape index (κ3) is 5.82. The van der Waals surface area contributed by atoms with Crippen molar-refractivity contribution >= 4 is 5.96 Å². The van der Waals surface area contributed by atoms with Crippen LogP contribution in [0.2, 0.25) is 0 Å². The van der Waals surface area contributed by atoms with Gasteiger partial charge in [0.1, 0.15) is 5.76 Å². The number of nitrogens with one attached hydrogen (secondary N) is 1. The lowest BCUT2D eigenvalue weighted by atomic mass is 10.1. The number of rotatable bonds is 6. The topological polar surface area (TPSA) is 56.9 Å². The molecule has 2 heterocycles. The van der Waals surface area contributed by atoms with E-state index in [1.165, 1.54) is 11.1 Å². The second-order valence-electron chi connectivity index (χ2n) is 7.16. The SMILES string of the molecule is CCNC(=NCCc1ccc(C)cc1)N1CCN(Cc2cc(C)on2)CC1. The van der Waals surface area contributed by atoms with Crippen LogP contribution in [0.15, 0.2) is 39.8 Å². The first-order valence-corrected chi connectivity index (χ1v) is 9.87. The van der Waals surface area contributed by atoms with Gasteiger partial charge in [0.15, 0.2) is 5.96 Å². The monoisotopic (exact) mass is 369 g/mol. The lowest BCUT2D eigenvalue weighted by molar-refractivity contribution is 0.169. The average molecular weight is 370 g/mol. The zero-order valence-corrected chi connectivity index (χ0v) is 16.7. The van der Waals surface area contributed by atoms with Crippen LogP contribution in [0, 0.1) is 13.8 Å². The highest BCUT2D eigenvalue weighted by Crippen LogP contribution is 2.10. The van der Waals surface area contributed by atoms with Gasteiger partial charge in [-0.2, -0.15) is 0 Å². The maximum absolute atomic E-state index is 5.17. The summed E-state index contributed by atoms with van der Waals surface area (Å²) >= 11 is 0. The molecule has 1 N–H and O–H groups in total. The van der Waals surface area contributed by atoms with Gasteiger partial charge >= 0.3 is 0 Å². The van der Waals surface area contributed by atoms with E-state index < -0.39 is 0 Å². The highest BCUT2D eigenvalue weighted by atomic mass is 16.5. The number of hydrogen-bond donors (Lipinski definition) is 1. The van der Waals surface area contributed by atoms with Crippen LogP contribution in [0.5, 0.6) is 0 Å². The molecule has 0 radical (unpaired) electrons. The molecule has 1 aromatic carbocycles. The van der Waals surface area contributed by atoms with Crippen LogP contribution in [-0.4, -0.2) is 60.2 Å². The number of benzene rings is 1. The molecule has 0 spiro atoms. The summed E-state index contributed by atoms with van der Waals surface area (Å²) in [7, 11) is 0. The molecule has 0 atom stereocenters. The second kappa shape index (κ2) is 9.55. The van der Waals surface area contributed by atoms with Gasteiger partial charge < -0.3 is 14.7 Å². The Balaban J connectivity index is 1.50. The summed E-state index contributed by atoms with van der Waals surface area (Å²) < 4.78 is 5.17. The quantitative estimate of drug-likeness (QED) is 0.627. The molecule has 1 aliphatic rings. The van der Waals surface area contributed by atoms with Crippen molar-refractivity contribution in [3.8, 4) is 0 Å². The zero-order valence-electron chi connectivity index (χ0n) is 16.7. The van der Waals surface area contributed by atoms with E-state index in [9.17, 15) is 0 Å². The predicted molar refractivity (Wildman–Crippen MR) is 109 cm³/mol. The molecule has 6 nitrogen and oxygen atoms in total. The Bertz CT molecular complexity index is 729. The molecular weight excluding hydrogens is 338 g/mol. The van der Waals surface area contributed by atoms with E-state index in [0.717, 1.165) is 69.6 Å². The van der Waals surface area contributed by atoms with Crippen LogP contribution in [0.3, 0.4) is 0 Å². The van der Waals surface area contributed by atoms with Crippen LogP contribution in [-0.2, 0) is 13.0 Å². The molecule has 0 amide bonds. The lowest BCUT2D eigenvalue weighted by Gasteiger charge is -2.36. The number of aromatic nitrogens is 1. The normalized spacial score (nSPS) is 16.0. The van der Waals surface area contributed by atoms with E-state index >= 15 is 0 Å². The largest absolute Gasteiger partial charge is 0.361 e. The average Bonchev–Trinajstić information content (AvgIpc) is 3.08. The summed E-state index contributed by atoms with van der Waals surface area (Å²) in [5.74, 6) is 1.90. The summed E-state index contributed by atoms with van der Waals surface area (Å²) in [5, 5.41) is 7.55. The number of guanidine groups is 1. The Hall–Kier alpha value is -2.34. The van der Waals surface area contributed by atoms with Gasteiger partial charge in [0, 0.05) is 51.9 Å². The molecule has 27 heavy (non-hydrogen) atoms. The minimum absolute atomic E-state index is 0.809. The van der Waals surface area contributed by atoms with Crippen molar-refractivity contribution in [3.63, 3.8) is 0 Å². The Kier molecular flexibility index (Phi) is 6.87. The Labute approximate surface area is 162 Å². The number of nitrogens with zero attached hydrogens (tertiary/aromatic N) is 4. The molecule has 146 valence electrons. The smallest absolute Gasteiger partial charge is 0.194 e. The van der Waals surface area contributed by atoms with Crippen molar-refractivity contribution in [2.45, 2.75) is 33.7 Å². The van der Waals surface area contributed by atoms with E-state index in [1.807, 2.05) is 13.0 Å². The lowest BCUT2D eigenvalue weighted by Crippen LogP contribution is -2.52. The van der Waals surface area contributed by atoms with Crippen LogP contribution < -0.4 is 5.32 Å². The van der Waals surface area contributed by atoms with Gasteiger partial charge in [0.2, 0.25) is 0 Å². The molecule has 2 aromatic rings. The fraction of sp³-hybridized carbons (Fsp3) is 0.524. The van der Waals surface area contributed by atoms with Crippen molar-refractivity contribution in [1.82, 2.24) is 20.3 Å². The van der Waals surface area contributed by atoms with Gasteiger partial charge in [0.05, 0.1) is 5.69 Å². The van der Waals surface area contributed by atoms with Crippen molar-refractivity contribution in [2.24, 2.45) is 4.99 Å². The third-order valence-electron chi connectivity index (χ3n) is 4.85. The molecule has 1 aliphatic heterocycles. The van der Waals surface area contributed by atoms with Crippen molar-refractivity contribution < 1.29 is 4.52 Å². The summed E-state index contributed by atoms with van der Waals surface area (Å²) in [5.41, 5.74) is 3.65. The first-order chi connectivity index (χ1) is 13.1. The molecular formula is C21H31N5O. The Morgan fingerprint density at radius 3 is 2.52 bits per heavy atom. The van der Waals surface area contributed by atoms with Gasteiger partial charge in [-0.05, 0) is 32.8 Å². The minimum atomic E-state index is 0.809. The van der Waals surface area contributed by atoms with Crippen molar-refractivity contribution in [3.05, 3.63) is 52.9 Å². The summed E-state index contributed by atoms with van der Waals surface area (Å²) in [6.07, 6.45) is 0.973. The molecule has 0 bridgehead atoms. The van der Waals surface area contributed by atoms with E-state index in [4.69, 9.17) is 9.52 Å². The highest BCUT2D eigenvalue weighted by Gasteiger charge is 2.20. The van der Waals surface area contributed by atoms with Gasteiger partial charge in [-0.3, -0.25) is 9.89 Å². The predicted octanol–water partition coefficient (Wildman–Crippen LogP) is 2.62. The van der Waals surface area contributed by atoms with Gasteiger partial charge in [-0.25, -0.2) is 0 Å². The van der Waals surface area contributed by atoms with Crippen LogP contribution in [0.4, 0.5) is 0 Å². The van der Waals surface area contributed by atoms with Gasteiger partial charge in [-0.15, -0.1) is 0 Å². The maximum atomic E-state index is 5.17. The third-order valence-corrected chi connectivity index (χ3v) is 4.85. The van der Waals surface area contributed by atoms with Crippen LogP contribution in [0.25, 0.3) is 0 Å². The maximum Gasteiger partial charge on any atom is 0.194 e. The molecule has 3 rings (SSSR count).